The number of rotatable bonds is 2. The van der Waals surface area contributed by atoms with Gasteiger partial charge in [-0.1, -0.05) is 0 Å². The highest BCUT2D eigenvalue weighted by molar-refractivity contribution is 6.13. The van der Waals surface area contributed by atoms with Crippen LogP contribution in [-0.2, 0) is 14.3 Å². The maximum atomic E-state index is 11.4. The quantitative estimate of drug-likeness (QED) is 0.383. The van der Waals surface area contributed by atoms with Gasteiger partial charge < -0.3 is 25.2 Å². The summed E-state index contributed by atoms with van der Waals surface area (Å²) in [4.78, 5) is 23.5. The first-order valence-electron chi connectivity index (χ1n) is 5.33. The van der Waals surface area contributed by atoms with Gasteiger partial charge in [0.05, 0.1) is 6.61 Å². The number of nitrogens with zero attached hydrogens (tertiary/aromatic N) is 1. The van der Waals surface area contributed by atoms with Crippen LogP contribution >= 0.6 is 0 Å². The van der Waals surface area contributed by atoms with Gasteiger partial charge in [0.1, 0.15) is 24.4 Å². The van der Waals surface area contributed by atoms with Crippen LogP contribution < -0.4 is 0 Å². The molecule has 2 heterocycles. The molecule has 0 unspecified atom stereocenters. The zero-order chi connectivity index (χ0) is 13.4. The maximum Gasteiger partial charge on any atom is 0.254 e. The molecule has 2 aliphatic heterocycles. The van der Waals surface area contributed by atoms with Gasteiger partial charge in [-0.05, 0) is 0 Å². The molecule has 2 aliphatic rings. The predicted octanol–water partition coefficient (Wildman–Crippen LogP) is -3.29. The first kappa shape index (κ1) is 13.1. The Morgan fingerprint density at radius 1 is 1.11 bits per heavy atom. The lowest BCUT2D eigenvalue weighted by atomic mass is 9.96. The lowest BCUT2D eigenvalue weighted by molar-refractivity contribution is -0.267. The first-order valence-corrected chi connectivity index (χ1v) is 5.33. The van der Waals surface area contributed by atoms with E-state index in [4.69, 9.17) is 9.84 Å². The van der Waals surface area contributed by atoms with E-state index in [-0.39, 0.29) is 0 Å². The van der Waals surface area contributed by atoms with E-state index in [0.29, 0.717) is 4.90 Å². The van der Waals surface area contributed by atoms with Crippen molar-refractivity contribution in [3.63, 3.8) is 0 Å². The molecule has 2 rings (SSSR count). The van der Waals surface area contributed by atoms with Crippen LogP contribution in [0.4, 0.5) is 0 Å². The van der Waals surface area contributed by atoms with Crippen molar-refractivity contribution >= 4 is 11.8 Å². The Kier molecular flexibility index (Phi) is 3.46. The molecule has 0 aliphatic carbocycles. The summed E-state index contributed by atoms with van der Waals surface area (Å²) in [6, 6.07) is -1.40. The minimum atomic E-state index is -1.67. The Morgan fingerprint density at radius 3 is 2.17 bits per heavy atom. The van der Waals surface area contributed by atoms with E-state index >= 15 is 0 Å². The highest BCUT2D eigenvalue weighted by Crippen LogP contribution is 2.25. The van der Waals surface area contributed by atoms with Crippen molar-refractivity contribution < 1.29 is 34.8 Å². The van der Waals surface area contributed by atoms with Gasteiger partial charge in [-0.15, -0.1) is 0 Å². The normalized spacial score (nSPS) is 40.7. The first-order chi connectivity index (χ1) is 8.47. The maximum absolute atomic E-state index is 11.4. The lowest BCUT2D eigenvalue weighted by Crippen LogP contribution is -2.65. The third-order valence-corrected chi connectivity index (χ3v) is 3.01. The van der Waals surface area contributed by atoms with Crippen molar-refractivity contribution in [2.45, 2.75) is 30.6 Å². The van der Waals surface area contributed by atoms with Gasteiger partial charge in [-0.2, -0.15) is 0 Å². The summed E-state index contributed by atoms with van der Waals surface area (Å²) >= 11 is 0. The Bertz CT molecular complexity index is 378. The molecule has 0 aromatic rings. The lowest BCUT2D eigenvalue weighted by Gasteiger charge is -2.42. The Hall–Kier alpha value is -1.32. The van der Waals surface area contributed by atoms with Crippen molar-refractivity contribution in [1.29, 1.82) is 0 Å². The standard InChI is InChI=1S/C10H13NO7/c12-3-4-8(15)9(16)7(10(17)18-4)11-5(13)1-2-6(11)14/h1-2,4,7-10,12,15-17H,3H2/t4-,7-,8-,9-,10-/m1/s1. The van der Waals surface area contributed by atoms with E-state index in [1.807, 2.05) is 0 Å². The molecule has 1 saturated heterocycles. The van der Waals surface area contributed by atoms with Gasteiger partial charge in [0.25, 0.3) is 11.8 Å². The molecular formula is C10H13NO7. The number of aliphatic hydroxyl groups excluding tert-OH is 4. The van der Waals surface area contributed by atoms with E-state index in [1.54, 1.807) is 0 Å². The monoisotopic (exact) mass is 259 g/mol. The summed E-state index contributed by atoms with van der Waals surface area (Å²) < 4.78 is 4.86. The van der Waals surface area contributed by atoms with Gasteiger partial charge in [0.2, 0.25) is 0 Å². The van der Waals surface area contributed by atoms with Crippen molar-refractivity contribution in [1.82, 2.24) is 4.90 Å². The molecule has 4 N–H and O–H groups in total. The molecule has 0 aromatic carbocycles. The third kappa shape index (κ3) is 1.93. The fourth-order valence-electron chi connectivity index (χ4n) is 2.07. The topological polar surface area (TPSA) is 128 Å². The van der Waals surface area contributed by atoms with Crippen LogP contribution in [0.5, 0.6) is 0 Å². The number of amides is 2. The second-order valence-electron chi connectivity index (χ2n) is 4.10. The van der Waals surface area contributed by atoms with Crippen LogP contribution in [0.25, 0.3) is 0 Å². The van der Waals surface area contributed by atoms with Crippen molar-refractivity contribution in [2.24, 2.45) is 0 Å². The SMILES string of the molecule is O=C1C=CC(=O)N1[C@@H]1[C@@H](O)[C@H](O)[C@@H](CO)O[C@H]1O. The van der Waals surface area contributed by atoms with E-state index in [9.17, 15) is 24.9 Å². The van der Waals surface area contributed by atoms with E-state index in [2.05, 4.69) is 0 Å². The summed E-state index contributed by atoms with van der Waals surface area (Å²) in [5, 5.41) is 38.0. The second-order valence-corrected chi connectivity index (χ2v) is 4.10. The Morgan fingerprint density at radius 2 is 1.67 bits per heavy atom. The molecule has 18 heavy (non-hydrogen) atoms. The minimum Gasteiger partial charge on any atom is -0.394 e. The molecule has 0 aromatic heterocycles. The fourth-order valence-corrected chi connectivity index (χ4v) is 2.07. The molecular weight excluding hydrogens is 246 g/mol. The summed E-state index contributed by atoms with van der Waals surface area (Å²) in [6.07, 6.45) is -3.97. The van der Waals surface area contributed by atoms with E-state index in [1.165, 1.54) is 0 Å². The van der Waals surface area contributed by atoms with Crippen LogP contribution in [-0.4, -0.2) is 74.4 Å². The molecule has 1 fully saturated rings. The van der Waals surface area contributed by atoms with Gasteiger partial charge in [0.15, 0.2) is 6.29 Å². The average molecular weight is 259 g/mol. The van der Waals surface area contributed by atoms with Gasteiger partial charge in [-0.3, -0.25) is 14.5 Å². The van der Waals surface area contributed by atoms with E-state index < -0.39 is 49.1 Å². The minimum absolute atomic E-state index is 0.609. The highest BCUT2D eigenvalue weighted by Gasteiger charge is 2.49. The Labute approximate surface area is 102 Å². The Balaban J connectivity index is 2.23. The molecule has 0 bridgehead atoms. The summed E-state index contributed by atoms with van der Waals surface area (Å²) in [7, 11) is 0. The molecule has 100 valence electrons. The van der Waals surface area contributed by atoms with Crippen molar-refractivity contribution in [3.05, 3.63) is 12.2 Å². The van der Waals surface area contributed by atoms with Crippen LogP contribution in [0.1, 0.15) is 0 Å². The summed E-state index contributed by atoms with van der Waals surface area (Å²) in [5.74, 6) is -1.41. The zero-order valence-corrected chi connectivity index (χ0v) is 9.21. The van der Waals surface area contributed by atoms with E-state index in [0.717, 1.165) is 12.2 Å². The molecule has 0 radical (unpaired) electrons. The largest absolute Gasteiger partial charge is 0.394 e. The van der Waals surface area contributed by atoms with Gasteiger partial charge in [0, 0.05) is 12.2 Å². The number of aliphatic hydroxyl groups is 4. The number of imide groups is 1. The molecule has 8 heteroatoms. The average Bonchev–Trinajstić information content (AvgIpc) is 2.65. The van der Waals surface area contributed by atoms with Crippen LogP contribution in [0.3, 0.4) is 0 Å². The number of carbonyl (C=O) groups is 2. The zero-order valence-electron chi connectivity index (χ0n) is 9.21. The second kappa shape index (κ2) is 4.75. The van der Waals surface area contributed by atoms with Crippen LogP contribution in [0, 0.1) is 0 Å². The molecule has 8 nitrogen and oxygen atoms in total. The molecule has 0 spiro atoms. The smallest absolute Gasteiger partial charge is 0.254 e. The highest BCUT2D eigenvalue weighted by atomic mass is 16.6. The van der Waals surface area contributed by atoms with Crippen molar-refractivity contribution in [3.8, 4) is 0 Å². The van der Waals surface area contributed by atoms with Crippen LogP contribution in [0.2, 0.25) is 0 Å². The molecule has 5 atom stereocenters. The predicted molar refractivity (Wildman–Crippen MR) is 54.8 cm³/mol. The number of carbonyl (C=O) groups excluding carboxylic acids is 2. The van der Waals surface area contributed by atoms with Gasteiger partial charge >= 0.3 is 0 Å². The molecule has 2 amide bonds. The van der Waals surface area contributed by atoms with Gasteiger partial charge in [-0.25, -0.2) is 0 Å². The summed E-state index contributed by atoms with van der Waals surface area (Å²) in [6.45, 7) is -0.609. The van der Waals surface area contributed by atoms with Crippen molar-refractivity contribution in [2.75, 3.05) is 6.61 Å². The third-order valence-electron chi connectivity index (χ3n) is 3.01. The number of hydrogen-bond donors (Lipinski definition) is 4. The number of hydrogen-bond acceptors (Lipinski definition) is 7. The van der Waals surface area contributed by atoms with Crippen LogP contribution in [0.15, 0.2) is 12.2 Å². The molecule has 0 saturated carbocycles. The fraction of sp³-hybridized carbons (Fsp3) is 0.600. The summed E-state index contributed by atoms with van der Waals surface area (Å²) in [5.41, 5.74) is 0. The number of ether oxygens (including phenoxy) is 1.